The topological polar surface area (TPSA) is 50.4 Å². The summed E-state index contributed by atoms with van der Waals surface area (Å²) in [6.07, 6.45) is 4.23. The van der Waals surface area contributed by atoms with Gasteiger partial charge in [0.2, 0.25) is 0 Å². The first-order valence-corrected chi connectivity index (χ1v) is 7.86. The smallest absolute Gasteiger partial charge is 0.253 e. The first kappa shape index (κ1) is 18.9. The fourth-order valence-electron chi connectivity index (χ4n) is 2.58. The van der Waals surface area contributed by atoms with E-state index in [-0.39, 0.29) is 30.5 Å². The molecule has 1 saturated carbocycles. The van der Waals surface area contributed by atoms with Crippen molar-refractivity contribution in [2.24, 2.45) is 0 Å². The van der Waals surface area contributed by atoms with Crippen LogP contribution in [0.2, 0.25) is 0 Å². The van der Waals surface area contributed by atoms with Crippen LogP contribution in [0.4, 0.5) is 0 Å². The van der Waals surface area contributed by atoms with Crippen LogP contribution in [0.3, 0.4) is 0 Å². The van der Waals surface area contributed by atoms with Gasteiger partial charge in [-0.1, -0.05) is 43.2 Å². The highest BCUT2D eigenvalue weighted by molar-refractivity contribution is 5.85. The molecule has 4 nitrogen and oxygen atoms in total. The Bertz CT molecular complexity index is 436. The number of carbonyl (C=O) groups excluding carboxylic acids is 1. The van der Waals surface area contributed by atoms with E-state index in [4.69, 9.17) is 4.74 Å². The molecule has 124 valence electrons. The molecule has 0 bridgehead atoms. The minimum absolute atomic E-state index is 0. The monoisotopic (exact) mass is 326 g/mol. The van der Waals surface area contributed by atoms with Gasteiger partial charge in [-0.2, -0.15) is 0 Å². The molecule has 0 saturated heterocycles. The zero-order valence-electron chi connectivity index (χ0n) is 13.4. The predicted octanol–water partition coefficient (Wildman–Crippen LogP) is 2.83. The Labute approximate surface area is 139 Å². The molecule has 2 unspecified atom stereocenters. The van der Waals surface area contributed by atoms with E-state index < -0.39 is 6.10 Å². The lowest BCUT2D eigenvalue weighted by atomic mass is 10.1. The molecule has 1 aliphatic carbocycles. The van der Waals surface area contributed by atoms with Gasteiger partial charge in [0.05, 0.1) is 6.10 Å². The minimum atomic E-state index is -0.502. The summed E-state index contributed by atoms with van der Waals surface area (Å²) < 4.78 is 6.09. The number of nitrogens with one attached hydrogen (secondary N) is 2. The third-order valence-electron chi connectivity index (χ3n) is 4.05. The quantitative estimate of drug-likeness (QED) is 0.810. The van der Waals surface area contributed by atoms with Crippen LogP contribution in [-0.4, -0.2) is 31.6 Å². The van der Waals surface area contributed by atoms with Crippen molar-refractivity contribution >= 4 is 18.3 Å². The summed E-state index contributed by atoms with van der Waals surface area (Å²) in [7, 11) is 1.89. The van der Waals surface area contributed by atoms with Crippen LogP contribution in [-0.2, 0) is 9.53 Å². The summed E-state index contributed by atoms with van der Waals surface area (Å²) in [5, 5.41) is 6.10. The van der Waals surface area contributed by atoms with E-state index in [0.717, 1.165) is 18.4 Å². The van der Waals surface area contributed by atoms with Crippen LogP contribution in [0, 0.1) is 0 Å². The van der Waals surface area contributed by atoms with E-state index in [9.17, 15) is 4.79 Å². The first-order valence-electron chi connectivity index (χ1n) is 7.86. The Kier molecular flexibility index (Phi) is 8.46. The fraction of sp³-hybridized carbons (Fsp3) is 0.588. The number of benzene rings is 1. The van der Waals surface area contributed by atoms with Crippen molar-refractivity contribution in [3.8, 4) is 0 Å². The molecule has 2 N–H and O–H groups in total. The molecule has 2 atom stereocenters. The van der Waals surface area contributed by atoms with E-state index in [2.05, 4.69) is 10.6 Å². The van der Waals surface area contributed by atoms with Gasteiger partial charge in [-0.15, -0.1) is 12.4 Å². The number of hydrogen-bond donors (Lipinski definition) is 2. The number of ether oxygens (including phenoxy) is 1. The standard InChI is InChI=1S/C17H26N2O2.ClH/c1-13(18-2)12-19-17(20)16(14-8-4-3-5-9-14)21-15-10-6-7-11-15;/h3-5,8-9,13,15-16,18H,6-7,10-12H2,1-2H3,(H,19,20);1H. The van der Waals surface area contributed by atoms with Crippen molar-refractivity contribution in [1.82, 2.24) is 10.6 Å². The Morgan fingerprint density at radius 3 is 2.50 bits per heavy atom. The lowest BCUT2D eigenvalue weighted by Crippen LogP contribution is -2.40. The minimum Gasteiger partial charge on any atom is -0.360 e. The molecule has 1 aliphatic rings. The number of halogens is 1. The van der Waals surface area contributed by atoms with Gasteiger partial charge in [0.25, 0.3) is 5.91 Å². The molecule has 0 heterocycles. The molecule has 1 fully saturated rings. The third-order valence-corrected chi connectivity index (χ3v) is 4.05. The molecule has 0 radical (unpaired) electrons. The molecule has 0 aliphatic heterocycles. The molecular weight excluding hydrogens is 300 g/mol. The Morgan fingerprint density at radius 1 is 1.27 bits per heavy atom. The van der Waals surface area contributed by atoms with Gasteiger partial charge < -0.3 is 15.4 Å². The van der Waals surface area contributed by atoms with Crippen molar-refractivity contribution < 1.29 is 9.53 Å². The van der Waals surface area contributed by atoms with Crippen molar-refractivity contribution in [3.05, 3.63) is 35.9 Å². The molecule has 1 aromatic rings. The predicted molar refractivity (Wildman–Crippen MR) is 91.3 cm³/mol. The second kappa shape index (κ2) is 9.82. The van der Waals surface area contributed by atoms with Crippen LogP contribution >= 0.6 is 12.4 Å². The average Bonchev–Trinajstić information content (AvgIpc) is 3.04. The van der Waals surface area contributed by atoms with Gasteiger partial charge in [0.15, 0.2) is 6.10 Å². The number of amides is 1. The van der Waals surface area contributed by atoms with Crippen LogP contribution in [0.25, 0.3) is 0 Å². The van der Waals surface area contributed by atoms with E-state index in [1.165, 1.54) is 12.8 Å². The lowest BCUT2D eigenvalue weighted by Gasteiger charge is -2.23. The fourth-order valence-corrected chi connectivity index (χ4v) is 2.58. The van der Waals surface area contributed by atoms with E-state index in [0.29, 0.717) is 6.54 Å². The molecule has 1 amide bonds. The van der Waals surface area contributed by atoms with Crippen molar-refractivity contribution in [1.29, 1.82) is 0 Å². The van der Waals surface area contributed by atoms with E-state index in [1.807, 2.05) is 44.3 Å². The van der Waals surface area contributed by atoms with Gasteiger partial charge >= 0.3 is 0 Å². The maximum atomic E-state index is 12.5. The zero-order chi connectivity index (χ0) is 15.1. The number of hydrogen-bond acceptors (Lipinski definition) is 3. The Morgan fingerprint density at radius 2 is 1.91 bits per heavy atom. The number of carbonyl (C=O) groups is 1. The van der Waals surface area contributed by atoms with Gasteiger partial charge in [0, 0.05) is 12.6 Å². The molecule has 0 aromatic heterocycles. The van der Waals surface area contributed by atoms with Crippen LogP contribution in [0.15, 0.2) is 30.3 Å². The summed E-state index contributed by atoms with van der Waals surface area (Å²) in [6, 6.07) is 10.0. The van der Waals surface area contributed by atoms with E-state index >= 15 is 0 Å². The third kappa shape index (κ3) is 5.59. The molecule has 1 aromatic carbocycles. The summed E-state index contributed by atoms with van der Waals surface area (Å²) in [5.74, 6) is -0.0461. The first-order chi connectivity index (χ1) is 10.2. The normalized spacial score (nSPS) is 17.5. The summed E-state index contributed by atoms with van der Waals surface area (Å²) in [4.78, 5) is 12.5. The van der Waals surface area contributed by atoms with E-state index in [1.54, 1.807) is 0 Å². The van der Waals surface area contributed by atoms with Gasteiger partial charge in [-0.3, -0.25) is 4.79 Å². The Hall–Kier alpha value is -1.10. The average molecular weight is 327 g/mol. The molecule has 0 spiro atoms. The van der Waals surface area contributed by atoms with Crippen molar-refractivity contribution in [3.63, 3.8) is 0 Å². The second-order valence-electron chi connectivity index (χ2n) is 5.77. The van der Waals surface area contributed by atoms with Crippen LogP contribution < -0.4 is 10.6 Å². The van der Waals surface area contributed by atoms with Crippen molar-refractivity contribution in [2.75, 3.05) is 13.6 Å². The van der Waals surface area contributed by atoms with Gasteiger partial charge in [0.1, 0.15) is 0 Å². The summed E-state index contributed by atoms with van der Waals surface area (Å²) >= 11 is 0. The lowest BCUT2D eigenvalue weighted by molar-refractivity contribution is -0.137. The highest BCUT2D eigenvalue weighted by Crippen LogP contribution is 2.28. The number of rotatable bonds is 7. The van der Waals surface area contributed by atoms with Crippen LogP contribution in [0.1, 0.15) is 44.3 Å². The second-order valence-corrected chi connectivity index (χ2v) is 5.77. The summed E-state index contributed by atoms with van der Waals surface area (Å²) in [6.45, 7) is 2.64. The SMILES string of the molecule is CNC(C)CNC(=O)C(OC1CCCC1)c1ccccc1.Cl. The van der Waals surface area contributed by atoms with Gasteiger partial charge in [-0.25, -0.2) is 0 Å². The molecule has 2 rings (SSSR count). The molecule has 22 heavy (non-hydrogen) atoms. The maximum Gasteiger partial charge on any atom is 0.253 e. The van der Waals surface area contributed by atoms with Crippen molar-refractivity contribution in [2.45, 2.75) is 50.9 Å². The van der Waals surface area contributed by atoms with Crippen LogP contribution in [0.5, 0.6) is 0 Å². The summed E-state index contributed by atoms with van der Waals surface area (Å²) in [5.41, 5.74) is 0.930. The van der Waals surface area contributed by atoms with Gasteiger partial charge in [-0.05, 0) is 32.4 Å². The molecular formula is C17H27ClN2O2. The maximum absolute atomic E-state index is 12.5. The highest BCUT2D eigenvalue weighted by Gasteiger charge is 2.27. The zero-order valence-corrected chi connectivity index (χ0v) is 14.2. The number of likely N-dealkylation sites (N-methyl/N-ethyl adjacent to an activating group) is 1. The molecule has 5 heteroatoms. The Balaban J connectivity index is 0.00000242. The highest BCUT2D eigenvalue weighted by atomic mass is 35.5. The largest absolute Gasteiger partial charge is 0.360 e.